The van der Waals surface area contributed by atoms with Gasteiger partial charge in [-0.15, -0.1) is 0 Å². The van der Waals surface area contributed by atoms with Crippen LogP contribution in [0.4, 0.5) is 0 Å². The van der Waals surface area contributed by atoms with Crippen LogP contribution in [0.25, 0.3) is 0 Å². The summed E-state index contributed by atoms with van der Waals surface area (Å²) in [5.41, 5.74) is 0. The van der Waals surface area contributed by atoms with Crippen LogP contribution in [0.1, 0.15) is 0 Å². The molecule has 0 heterocycles. The van der Waals surface area contributed by atoms with E-state index in [9.17, 15) is 0 Å². The summed E-state index contributed by atoms with van der Waals surface area (Å²) in [5.74, 6) is 0. The van der Waals surface area contributed by atoms with Gasteiger partial charge in [-0.1, -0.05) is 0 Å². The Balaban J connectivity index is 0. The third-order valence-corrected chi connectivity index (χ3v) is 50.5. The molecule has 0 bridgehead atoms. The smallest absolute Gasteiger partial charge is 1.00 e. The van der Waals surface area contributed by atoms with E-state index < -0.39 is 5.12 Å². The first-order valence-corrected chi connectivity index (χ1v) is 20.4. The number of nitrogens with zero attached hydrogens (tertiary/aromatic N) is 6. The molecule has 0 saturated heterocycles. The summed E-state index contributed by atoms with van der Waals surface area (Å²) >= 11 is 0. The van der Waals surface area contributed by atoms with Crippen LogP contribution in [0.3, 0.4) is 0 Å². The van der Waals surface area contributed by atoms with Gasteiger partial charge in [0.15, 0.2) is 0 Å². The summed E-state index contributed by atoms with van der Waals surface area (Å²) in [5, 5.41) is 59.2. The van der Waals surface area contributed by atoms with E-state index in [0.29, 0.717) is 58.5 Å². The summed E-state index contributed by atoms with van der Waals surface area (Å²) in [4.78, 5) is 0. The topological polar surface area (TPSA) is 143 Å². The van der Waals surface area contributed by atoms with Gasteiger partial charge in [-0.25, -0.2) is 0 Å². The Morgan fingerprint density at radius 1 is 0.450 bits per heavy atom. The molecule has 0 aliphatic carbocycles. The maximum Gasteiger partial charge on any atom is 1.00 e. The van der Waals surface area contributed by atoms with Crippen LogP contribution in [-0.2, 0) is 5.12 Å². The van der Waals surface area contributed by atoms with Gasteiger partial charge >= 0.3 is 179 Å². The Morgan fingerprint density at radius 2 is 0.600 bits per heavy atom. The van der Waals surface area contributed by atoms with Crippen molar-refractivity contribution in [2.75, 3.05) is 0 Å². The quantitative estimate of drug-likeness (QED) is 0.388. The molecule has 99 valence electrons. The standard InChI is InChI=1S/6CHNS.K.Ru/c6*2-1-3;;/h6*3H;;/q;;;;;;+1;+5/p-6. The number of rotatable bonds is 6. The molecule has 0 atom stereocenters. The molecule has 0 spiro atoms. The fourth-order valence-electron chi connectivity index (χ4n) is 0.616. The van der Waals surface area contributed by atoms with Gasteiger partial charge in [0, 0.05) is 0 Å². The molecule has 0 amide bonds. The van der Waals surface area contributed by atoms with E-state index in [1.165, 1.54) is 0 Å². The Hall–Kier alpha value is 1.30. The molecule has 0 N–H and O–H groups in total. The van der Waals surface area contributed by atoms with Crippen LogP contribution < -0.4 is 51.4 Å². The fourth-order valence-corrected chi connectivity index (χ4v) is 32.8. The van der Waals surface area contributed by atoms with Crippen LogP contribution in [0, 0.1) is 64.0 Å². The molecular formula is C6KN6RuS6. The maximum absolute atomic E-state index is 9.01. The molecule has 20 heavy (non-hydrogen) atoms. The summed E-state index contributed by atoms with van der Waals surface area (Å²) in [7, 11) is 3.15. The molecule has 0 fully saturated rings. The van der Waals surface area contributed by atoms with E-state index in [0.717, 1.165) is 0 Å². The van der Waals surface area contributed by atoms with Crippen molar-refractivity contribution in [1.29, 1.82) is 31.6 Å². The van der Waals surface area contributed by atoms with Gasteiger partial charge in [-0.2, -0.15) is 0 Å². The van der Waals surface area contributed by atoms with E-state index >= 15 is 0 Å². The van der Waals surface area contributed by atoms with Crippen molar-refractivity contribution in [3.8, 4) is 32.4 Å². The molecule has 0 rings (SSSR count). The van der Waals surface area contributed by atoms with Crippen LogP contribution in [0.15, 0.2) is 0 Å². The van der Waals surface area contributed by atoms with Crippen LogP contribution >= 0.6 is 58.5 Å². The van der Waals surface area contributed by atoms with Crippen molar-refractivity contribution >= 4 is 58.5 Å². The monoisotopic (exact) mass is 489 g/mol. The largest absolute Gasteiger partial charge is 1.00 e. The third-order valence-electron chi connectivity index (χ3n) is 1.08. The first-order chi connectivity index (χ1) is 8.97. The molecule has 0 unspecified atom stereocenters. The Kier molecular flexibility index (Phi) is 11.1. The van der Waals surface area contributed by atoms with E-state index in [1.807, 2.05) is 0 Å². The van der Waals surface area contributed by atoms with Crippen molar-refractivity contribution in [3.05, 3.63) is 0 Å². The predicted molar refractivity (Wildman–Crippen MR) is 79.2 cm³/mol. The van der Waals surface area contributed by atoms with Gasteiger partial charge in [0.25, 0.3) is 0 Å². The van der Waals surface area contributed by atoms with Gasteiger partial charge < -0.3 is 0 Å². The zero-order valence-corrected chi connectivity index (χ0v) is 19.2. The van der Waals surface area contributed by atoms with Crippen molar-refractivity contribution in [3.63, 3.8) is 0 Å². The Labute approximate surface area is 175 Å². The minimum Gasteiger partial charge on any atom is 1.00 e. The normalized spacial score (nSPS) is 12.3. The average Bonchev–Trinajstić information content (AvgIpc) is 2.31. The number of hydrogen-bond donors (Lipinski definition) is 0. The minimum absolute atomic E-state index is 0. The second-order valence-corrected chi connectivity index (χ2v) is 56.4. The molecular weight excluding hydrogens is 489 g/mol. The van der Waals surface area contributed by atoms with Gasteiger partial charge in [0.1, 0.15) is 0 Å². The number of hydrogen-bond acceptors (Lipinski definition) is 12. The second-order valence-electron chi connectivity index (χ2n) is 1.86. The van der Waals surface area contributed by atoms with Gasteiger partial charge in [-0.05, 0) is 0 Å². The zero-order valence-electron chi connectivity index (χ0n) is 9.49. The Bertz CT molecular complexity index is 481. The Morgan fingerprint density at radius 3 is 0.700 bits per heavy atom. The fraction of sp³-hybridized carbons (Fsp3) is 0. The first kappa shape index (κ1) is 23.6. The van der Waals surface area contributed by atoms with E-state index in [-0.39, 0.29) is 51.4 Å². The van der Waals surface area contributed by atoms with E-state index in [1.54, 1.807) is 32.4 Å². The van der Waals surface area contributed by atoms with Crippen molar-refractivity contribution in [2.45, 2.75) is 0 Å². The van der Waals surface area contributed by atoms with Crippen LogP contribution in [0.2, 0.25) is 0 Å². The summed E-state index contributed by atoms with van der Waals surface area (Å²) in [6, 6.07) is 0. The number of thiocyanates is 6. The van der Waals surface area contributed by atoms with Crippen molar-refractivity contribution in [2.24, 2.45) is 0 Å². The molecule has 14 heteroatoms. The van der Waals surface area contributed by atoms with Gasteiger partial charge in [0.05, 0.1) is 0 Å². The molecule has 0 radical (unpaired) electrons. The van der Waals surface area contributed by atoms with E-state index in [2.05, 4.69) is 0 Å². The second kappa shape index (κ2) is 9.44. The molecule has 0 aromatic heterocycles. The summed E-state index contributed by atoms with van der Waals surface area (Å²) < 4.78 is 0. The first-order valence-electron chi connectivity index (χ1n) is 3.43. The van der Waals surface area contributed by atoms with Crippen LogP contribution in [0.5, 0.6) is 0 Å². The molecule has 0 aromatic rings. The van der Waals surface area contributed by atoms with Gasteiger partial charge in [-0.3, -0.25) is 0 Å². The molecule has 0 aliphatic heterocycles. The minimum atomic E-state index is -5.32. The summed E-state index contributed by atoms with van der Waals surface area (Å²) in [6.07, 6.45) is 0. The van der Waals surface area contributed by atoms with Gasteiger partial charge in [0.2, 0.25) is 0 Å². The molecule has 0 aromatic carbocycles. The van der Waals surface area contributed by atoms with Crippen molar-refractivity contribution < 1.29 is 56.5 Å². The summed E-state index contributed by atoms with van der Waals surface area (Å²) in [6.45, 7) is 0. The molecule has 0 aliphatic rings. The predicted octanol–water partition coefficient (Wildman–Crippen LogP) is 0.991. The van der Waals surface area contributed by atoms with Crippen molar-refractivity contribution in [1.82, 2.24) is 0 Å². The molecule has 6 nitrogen and oxygen atoms in total. The SMILES string of the molecule is N#C[S][Ru-]([S]C#N)([S]C#N)([S]C#N)([S]C#N)[S]C#N.[K+]. The number of nitriles is 6. The maximum atomic E-state index is 9.01. The molecule has 0 saturated carbocycles. The van der Waals surface area contributed by atoms with Crippen LogP contribution in [-0.4, -0.2) is 0 Å². The zero-order chi connectivity index (χ0) is 14.9. The third kappa shape index (κ3) is 4.65. The van der Waals surface area contributed by atoms with E-state index in [4.69, 9.17) is 31.6 Å². The average molecular weight is 489 g/mol.